The van der Waals surface area contributed by atoms with Crippen molar-refractivity contribution in [1.29, 1.82) is 0 Å². The van der Waals surface area contributed by atoms with Crippen LogP contribution in [0.1, 0.15) is 28.8 Å². The molecule has 7 nitrogen and oxygen atoms in total. The highest BCUT2D eigenvalue weighted by Gasteiger charge is 2.42. The van der Waals surface area contributed by atoms with Crippen LogP contribution >= 0.6 is 27.5 Å². The minimum Gasteiger partial charge on any atom is -0.497 e. The summed E-state index contributed by atoms with van der Waals surface area (Å²) >= 11 is 10.0. The van der Waals surface area contributed by atoms with Gasteiger partial charge in [-0.05, 0) is 54.1 Å². The number of benzene rings is 3. The molecule has 2 aliphatic rings. The molecule has 3 heterocycles. The first-order valence-electron chi connectivity index (χ1n) is 10.9. The zero-order valence-electron chi connectivity index (χ0n) is 18.8. The molecule has 0 bridgehead atoms. The minimum absolute atomic E-state index is 0.296. The number of hydrogen-bond donors (Lipinski definition) is 1. The second-order valence-corrected chi connectivity index (χ2v) is 9.54. The van der Waals surface area contributed by atoms with Gasteiger partial charge in [0.25, 0.3) is 0 Å². The fraction of sp³-hybridized carbons (Fsp3) is 0.154. The van der Waals surface area contributed by atoms with E-state index in [-0.39, 0.29) is 6.04 Å². The number of ether oxygens (including phenoxy) is 3. The Hall–Kier alpha value is -3.49. The standard InChI is InChI=1S/C26H20BrClN4O3/c1-33-17-7-3-14(4-8-17)24-22-23(31-26-29-13-30-32(24)26)18-12-16(28)6-10-21(18)35-25(22)19-11-15(27)5-9-20(19)34-2/h3-13,24-25H,1-2H3,(H,29,30,31). The summed E-state index contributed by atoms with van der Waals surface area (Å²) in [4.78, 5) is 4.47. The lowest BCUT2D eigenvalue weighted by atomic mass is 9.84. The zero-order valence-corrected chi connectivity index (χ0v) is 21.2. The Bertz CT molecular complexity index is 1470. The first kappa shape index (κ1) is 22.0. The Balaban J connectivity index is 1.64. The van der Waals surface area contributed by atoms with Crippen molar-refractivity contribution >= 4 is 39.2 Å². The van der Waals surface area contributed by atoms with E-state index in [0.29, 0.717) is 16.7 Å². The van der Waals surface area contributed by atoms with E-state index in [4.69, 9.17) is 25.8 Å². The summed E-state index contributed by atoms with van der Waals surface area (Å²) in [5, 5.41) is 8.67. The Morgan fingerprint density at radius 2 is 1.86 bits per heavy atom. The number of fused-ring (bicyclic) bond motifs is 3. The third-order valence-electron chi connectivity index (χ3n) is 6.28. The second kappa shape index (κ2) is 8.62. The highest BCUT2D eigenvalue weighted by Crippen LogP contribution is 2.52. The van der Waals surface area contributed by atoms with Crippen molar-refractivity contribution < 1.29 is 14.2 Å². The number of hydrogen-bond acceptors (Lipinski definition) is 6. The first-order chi connectivity index (χ1) is 17.1. The summed E-state index contributed by atoms with van der Waals surface area (Å²) in [7, 11) is 3.31. The lowest BCUT2D eigenvalue weighted by Gasteiger charge is -2.39. The van der Waals surface area contributed by atoms with Crippen molar-refractivity contribution in [2.24, 2.45) is 0 Å². The Labute approximate surface area is 215 Å². The number of nitrogens with zero attached hydrogens (tertiary/aromatic N) is 3. The molecular formula is C26H20BrClN4O3. The molecule has 1 aromatic heterocycles. The van der Waals surface area contributed by atoms with Crippen molar-refractivity contribution in [3.05, 3.63) is 98.7 Å². The van der Waals surface area contributed by atoms with Gasteiger partial charge in [-0.3, -0.25) is 0 Å². The molecule has 3 aromatic carbocycles. The third kappa shape index (κ3) is 3.64. The number of nitrogens with one attached hydrogen (secondary N) is 1. The van der Waals surface area contributed by atoms with E-state index in [0.717, 1.165) is 43.9 Å². The maximum Gasteiger partial charge on any atom is 0.226 e. The molecule has 6 rings (SSSR count). The largest absolute Gasteiger partial charge is 0.497 e. The molecule has 0 saturated carbocycles. The molecule has 0 saturated heterocycles. The lowest BCUT2D eigenvalue weighted by molar-refractivity contribution is 0.217. The van der Waals surface area contributed by atoms with Crippen LogP contribution in [0.3, 0.4) is 0 Å². The lowest BCUT2D eigenvalue weighted by Crippen LogP contribution is -2.32. The Morgan fingerprint density at radius 1 is 1.03 bits per heavy atom. The topological polar surface area (TPSA) is 70.4 Å². The third-order valence-corrected chi connectivity index (χ3v) is 7.01. The van der Waals surface area contributed by atoms with Gasteiger partial charge >= 0.3 is 0 Å². The van der Waals surface area contributed by atoms with E-state index in [9.17, 15) is 0 Å². The highest BCUT2D eigenvalue weighted by molar-refractivity contribution is 9.10. The normalized spacial score (nSPS) is 18.1. The summed E-state index contributed by atoms with van der Waals surface area (Å²) in [6.45, 7) is 0. The van der Waals surface area contributed by atoms with Crippen LogP contribution < -0.4 is 19.5 Å². The molecule has 2 unspecified atom stereocenters. The molecule has 0 spiro atoms. The second-order valence-electron chi connectivity index (χ2n) is 8.18. The van der Waals surface area contributed by atoms with E-state index >= 15 is 0 Å². The van der Waals surface area contributed by atoms with E-state index in [1.165, 1.54) is 0 Å². The highest BCUT2D eigenvalue weighted by atomic mass is 79.9. The quantitative estimate of drug-likeness (QED) is 0.322. The SMILES string of the molecule is COc1ccc(C2C3=C(Nc4ncnn42)c2cc(Cl)ccc2OC3c2cc(Br)ccc2OC)cc1. The van der Waals surface area contributed by atoms with Gasteiger partial charge in [0, 0.05) is 26.2 Å². The fourth-order valence-electron chi connectivity index (χ4n) is 4.72. The van der Waals surface area contributed by atoms with E-state index in [2.05, 4.69) is 31.3 Å². The van der Waals surface area contributed by atoms with Crippen molar-refractivity contribution in [3.63, 3.8) is 0 Å². The van der Waals surface area contributed by atoms with Crippen LogP contribution in [0.5, 0.6) is 17.2 Å². The minimum atomic E-state index is -0.469. The van der Waals surface area contributed by atoms with E-state index < -0.39 is 6.10 Å². The van der Waals surface area contributed by atoms with Crippen LogP contribution in [0.15, 0.2) is 77.0 Å². The predicted molar refractivity (Wildman–Crippen MR) is 137 cm³/mol. The van der Waals surface area contributed by atoms with Gasteiger partial charge in [-0.2, -0.15) is 10.1 Å². The molecule has 9 heteroatoms. The van der Waals surface area contributed by atoms with Gasteiger partial charge in [0.2, 0.25) is 5.95 Å². The summed E-state index contributed by atoms with van der Waals surface area (Å²) in [6, 6.07) is 19.2. The van der Waals surface area contributed by atoms with Gasteiger partial charge in [-0.15, -0.1) is 0 Å². The van der Waals surface area contributed by atoms with Crippen LogP contribution in [0.2, 0.25) is 5.02 Å². The predicted octanol–water partition coefficient (Wildman–Crippen LogP) is 6.27. The Morgan fingerprint density at radius 3 is 2.63 bits per heavy atom. The summed E-state index contributed by atoms with van der Waals surface area (Å²) in [5.41, 5.74) is 4.63. The molecule has 0 aliphatic carbocycles. The maximum absolute atomic E-state index is 6.68. The van der Waals surface area contributed by atoms with Crippen molar-refractivity contribution in [1.82, 2.24) is 14.8 Å². The van der Waals surface area contributed by atoms with Crippen LogP contribution in [-0.4, -0.2) is 29.0 Å². The maximum atomic E-state index is 6.68. The van der Waals surface area contributed by atoms with Gasteiger partial charge in [-0.25, -0.2) is 4.68 Å². The molecule has 176 valence electrons. The molecule has 0 amide bonds. The molecule has 2 atom stereocenters. The molecule has 35 heavy (non-hydrogen) atoms. The van der Waals surface area contributed by atoms with Crippen molar-refractivity contribution in [3.8, 4) is 17.2 Å². The molecule has 1 N–H and O–H groups in total. The van der Waals surface area contributed by atoms with Gasteiger partial charge in [0.15, 0.2) is 6.10 Å². The summed E-state index contributed by atoms with van der Waals surface area (Å²) in [5.74, 6) is 2.85. The average molecular weight is 552 g/mol. The number of methoxy groups -OCH3 is 2. The number of rotatable bonds is 4. The molecule has 0 fully saturated rings. The molecule has 4 aromatic rings. The van der Waals surface area contributed by atoms with Crippen LogP contribution in [0.25, 0.3) is 5.70 Å². The molecule has 2 aliphatic heterocycles. The summed E-state index contributed by atoms with van der Waals surface area (Å²) < 4.78 is 20.6. The number of halogens is 2. The zero-order chi connectivity index (χ0) is 24.1. The monoisotopic (exact) mass is 550 g/mol. The fourth-order valence-corrected chi connectivity index (χ4v) is 5.27. The number of aromatic nitrogens is 3. The molecular weight excluding hydrogens is 532 g/mol. The first-order valence-corrected chi connectivity index (χ1v) is 12.1. The van der Waals surface area contributed by atoms with E-state index in [1.54, 1.807) is 20.5 Å². The van der Waals surface area contributed by atoms with Gasteiger partial charge < -0.3 is 19.5 Å². The van der Waals surface area contributed by atoms with Gasteiger partial charge in [-0.1, -0.05) is 39.7 Å². The van der Waals surface area contributed by atoms with Crippen molar-refractivity contribution in [2.45, 2.75) is 12.1 Å². The summed E-state index contributed by atoms with van der Waals surface area (Å²) in [6.07, 6.45) is 1.08. The van der Waals surface area contributed by atoms with E-state index in [1.807, 2.05) is 65.3 Å². The van der Waals surface area contributed by atoms with Crippen molar-refractivity contribution in [2.75, 3.05) is 19.5 Å². The van der Waals surface area contributed by atoms with Gasteiger partial charge in [0.1, 0.15) is 29.6 Å². The number of anilines is 1. The smallest absolute Gasteiger partial charge is 0.226 e. The average Bonchev–Trinajstić information content (AvgIpc) is 3.35. The van der Waals surface area contributed by atoms with Crippen LogP contribution in [0.4, 0.5) is 5.95 Å². The van der Waals surface area contributed by atoms with Crippen LogP contribution in [-0.2, 0) is 0 Å². The van der Waals surface area contributed by atoms with Gasteiger partial charge in [0.05, 0.1) is 19.9 Å². The Kier molecular flexibility index (Phi) is 5.42. The van der Waals surface area contributed by atoms with Crippen LogP contribution in [0, 0.1) is 0 Å². The molecule has 0 radical (unpaired) electrons.